The predicted octanol–water partition coefficient (Wildman–Crippen LogP) is 5.58. The summed E-state index contributed by atoms with van der Waals surface area (Å²) in [5, 5.41) is 4.56. The molecule has 1 amide bonds. The van der Waals surface area contributed by atoms with Crippen molar-refractivity contribution in [2.75, 3.05) is 13.1 Å². The van der Waals surface area contributed by atoms with E-state index in [0.717, 1.165) is 28.0 Å². The van der Waals surface area contributed by atoms with Gasteiger partial charge in [0.25, 0.3) is 11.6 Å². The molecule has 1 aliphatic heterocycles. The van der Waals surface area contributed by atoms with E-state index in [1.54, 1.807) is 29.2 Å². The second-order valence-electron chi connectivity index (χ2n) is 8.47. The molecular weight excluding hydrogens is 460 g/mol. The lowest BCUT2D eigenvalue weighted by atomic mass is 9.88. The molecule has 0 aliphatic carbocycles. The lowest BCUT2D eigenvalue weighted by molar-refractivity contribution is 0.0650. The maximum Gasteiger partial charge on any atom is 0.259 e. The average molecular weight is 482 g/mol. The fourth-order valence-electron chi connectivity index (χ4n) is 4.38. The molecule has 0 radical (unpaired) electrons. The number of rotatable bonds is 4. The van der Waals surface area contributed by atoms with Crippen molar-refractivity contribution in [2.45, 2.75) is 26.7 Å². The molecule has 3 aromatic heterocycles. The molecule has 0 atom stereocenters. The van der Waals surface area contributed by atoms with Crippen LogP contribution in [-0.4, -0.2) is 39.8 Å². The first-order valence-electron chi connectivity index (χ1n) is 10.9. The van der Waals surface area contributed by atoms with Crippen molar-refractivity contribution < 1.29 is 22.9 Å². The summed E-state index contributed by atoms with van der Waals surface area (Å²) in [6.45, 7) is 4.41. The van der Waals surface area contributed by atoms with Crippen molar-refractivity contribution in [3.63, 3.8) is 0 Å². The van der Waals surface area contributed by atoms with Crippen LogP contribution in [-0.2, 0) is 0 Å². The average Bonchev–Trinajstić information content (AvgIpc) is 3.45. The third-order valence-corrected chi connectivity index (χ3v) is 7.21. The van der Waals surface area contributed by atoms with Crippen LogP contribution >= 0.6 is 11.3 Å². The monoisotopic (exact) mass is 481 g/mol. The molecule has 4 aromatic rings. The van der Waals surface area contributed by atoms with Crippen LogP contribution in [0.5, 0.6) is 0 Å². The number of hydrogen-bond acceptors (Lipinski definition) is 6. The minimum Gasteiger partial charge on any atom is -0.339 e. The van der Waals surface area contributed by atoms with Gasteiger partial charge in [-0.1, -0.05) is 5.16 Å². The molecule has 174 valence electrons. The van der Waals surface area contributed by atoms with Gasteiger partial charge in [-0.05, 0) is 63.1 Å². The largest absolute Gasteiger partial charge is 0.339 e. The maximum absolute atomic E-state index is 14.1. The molecule has 0 saturated carbocycles. The highest BCUT2D eigenvalue weighted by Gasteiger charge is 2.31. The molecular formula is C25H21F2N3O3S. The predicted molar refractivity (Wildman–Crippen MR) is 124 cm³/mol. The zero-order chi connectivity index (χ0) is 24.0. The number of hydrogen-bond donors (Lipinski definition) is 0. The highest BCUT2D eigenvalue weighted by molar-refractivity contribution is 7.15. The van der Waals surface area contributed by atoms with E-state index in [-0.39, 0.29) is 11.5 Å². The van der Waals surface area contributed by atoms with Crippen LogP contribution in [0.3, 0.4) is 0 Å². The lowest BCUT2D eigenvalue weighted by Crippen LogP contribution is -2.40. The molecule has 0 bridgehead atoms. The SMILES string of the molecule is Cc1ccc(-c2cc(C(=O)N3CCC(C(=O)c4cc(F)ccc4F)CC3)c3c(C)noc3n2)s1. The van der Waals surface area contributed by atoms with Crippen molar-refractivity contribution in [3.05, 3.63) is 69.7 Å². The van der Waals surface area contributed by atoms with Crippen molar-refractivity contribution in [1.29, 1.82) is 0 Å². The fourth-order valence-corrected chi connectivity index (χ4v) is 5.21. The van der Waals surface area contributed by atoms with Gasteiger partial charge >= 0.3 is 0 Å². The van der Waals surface area contributed by atoms with Gasteiger partial charge < -0.3 is 9.42 Å². The first kappa shape index (κ1) is 22.3. The summed E-state index contributed by atoms with van der Waals surface area (Å²) >= 11 is 1.57. The van der Waals surface area contributed by atoms with Gasteiger partial charge in [0.05, 0.1) is 32.8 Å². The zero-order valence-corrected chi connectivity index (χ0v) is 19.4. The molecule has 6 nitrogen and oxygen atoms in total. The normalized spacial score (nSPS) is 14.6. The number of ketones is 1. The lowest BCUT2D eigenvalue weighted by Gasteiger charge is -2.31. The van der Waals surface area contributed by atoms with Crippen LogP contribution in [0.25, 0.3) is 21.7 Å². The molecule has 0 spiro atoms. The number of nitrogens with zero attached hydrogens (tertiary/aromatic N) is 3. The Bertz CT molecular complexity index is 1420. The summed E-state index contributed by atoms with van der Waals surface area (Å²) in [7, 11) is 0. The first-order valence-corrected chi connectivity index (χ1v) is 11.8. The number of piperidine rings is 1. The number of amides is 1. The van der Waals surface area contributed by atoms with Gasteiger partial charge in [-0.25, -0.2) is 13.8 Å². The number of fused-ring (bicyclic) bond motifs is 1. The van der Waals surface area contributed by atoms with E-state index in [4.69, 9.17) is 4.52 Å². The van der Waals surface area contributed by atoms with Crippen molar-refractivity contribution >= 4 is 34.1 Å². The van der Waals surface area contributed by atoms with Gasteiger partial charge in [0.15, 0.2) is 5.78 Å². The molecule has 1 fully saturated rings. The van der Waals surface area contributed by atoms with Gasteiger partial charge in [-0.3, -0.25) is 9.59 Å². The van der Waals surface area contributed by atoms with Crippen molar-refractivity contribution in [3.8, 4) is 10.6 Å². The molecule has 1 aliphatic rings. The van der Waals surface area contributed by atoms with Gasteiger partial charge in [0.1, 0.15) is 11.6 Å². The smallest absolute Gasteiger partial charge is 0.259 e. The number of aromatic nitrogens is 2. The third kappa shape index (κ3) is 4.00. The van der Waals surface area contributed by atoms with Crippen molar-refractivity contribution in [2.24, 2.45) is 5.92 Å². The minimum absolute atomic E-state index is 0.198. The Morgan fingerprint density at radius 2 is 1.82 bits per heavy atom. The molecule has 4 heterocycles. The van der Waals surface area contributed by atoms with Crippen LogP contribution in [0.2, 0.25) is 0 Å². The quantitative estimate of drug-likeness (QED) is 0.356. The number of carbonyl (C=O) groups excluding carboxylic acids is 2. The Hall–Kier alpha value is -3.46. The van der Waals surface area contributed by atoms with Gasteiger partial charge in [0, 0.05) is 23.9 Å². The summed E-state index contributed by atoms with van der Waals surface area (Å²) in [5.74, 6) is -2.49. The highest BCUT2D eigenvalue weighted by Crippen LogP contribution is 2.32. The molecule has 1 saturated heterocycles. The second kappa shape index (κ2) is 8.72. The fraction of sp³-hybridized carbons (Fsp3) is 0.280. The maximum atomic E-state index is 14.1. The summed E-state index contributed by atoms with van der Waals surface area (Å²) in [4.78, 5) is 34.6. The Morgan fingerprint density at radius 3 is 2.53 bits per heavy atom. The topological polar surface area (TPSA) is 76.3 Å². The summed E-state index contributed by atoms with van der Waals surface area (Å²) in [6, 6.07) is 8.59. The number of thiophene rings is 1. The van der Waals surface area contributed by atoms with Crippen LogP contribution in [0, 0.1) is 31.4 Å². The number of pyridine rings is 1. The molecule has 9 heteroatoms. The number of aryl methyl sites for hydroxylation is 2. The molecule has 1 aromatic carbocycles. The molecule has 0 N–H and O–H groups in total. The number of Topliss-reactive ketones (excluding diaryl/α,β-unsaturated/α-hetero) is 1. The Morgan fingerprint density at radius 1 is 1.06 bits per heavy atom. The van der Waals surface area contributed by atoms with E-state index < -0.39 is 23.3 Å². The van der Waals surface area contributed by atoms with Crippen molar-refractivity contribution in [1.82, 2.24) is 15.0 Å². The van der Waals surface area contributed by atoms with Crippen LogP contribution in [0.1, 0.15) is 44.1 Å². The Kier molecular flexibility index (Phi) is 5.73. The van der Waals surface area contributed by atoms with Crippen LogP contribution < -0.4 is 0 Å². The standard InChI is InChI=1S/C25H21F2N3O3S/c1-13-3-6-21(34-13)20-12-18(22-14(2)29-33-24(22)28-20)25(32)30-9-7-15(8-10-30)23(31)17-11-16(26)4-5-19(17)27/h3-6,11-12,15H,7-10H2,1-2H3. The van der Waals surface area contributed by atoms with Crippen LogP contribution in [0.15, 0.2) is 40.9 Å². The summed E-state index contributed by atoms with van der Waals surface area (Å²) in [5.41, 5.74) is 1.72. The van der Waals surface area contributed by atoms with Gasteiger partial charge in [0.2, 0.25) is 0 Å². The van der Waals surface area contributed by atoms with E-state index in [0.29, 0.717) is 54.0 Å². The second-order valence-corrected chi connectivity index (χ2v) is 9.76. The van der Waals surface area contributed by atoms with Crippen LogP contribution in [0.4, 0.5) is 8.78 Å². The molecule has 34 heavy (non-hydrogen) atoms. The van der Waals surface area contributed by atoms with Gasteiger partial charge in [-0.15, -0.1) is 11.3 Å². The first-order chi connectivity index (χ1) is 16.3. The molecule has 5 rings (SSSR count). The van der Waals surface area contributed by atoms with E-state index in [1.807, 2.05) is 19.1 Å². The Balaban J connectivity index is 1.39. The van der Waals surface area contributed by atoms with E-state index in [2.05, 4.69) is 10.1 Å². The van der Waals surface area contributed by atoms with E-state index >= 15 is 0 Å². The molecule has 0 unspecified atom stereocenters. The zero-order valence-electron chi connectivity index (χ0n) is 18.6. The number of carbonyl (C=O) groups is 2. The summed E-state index contributed by atoms with van der Waals surface area (Å²) < 4.78 is 33.0. The summed E-state index contributed by atoms with van der Waals surface area (Å²) in [6.07, 6.45) is 0.739. The number of benzene rings is 1. The highest BCUT2D eigenvalue weighted by atomic mass is 32.1. The Labute approximate surface area is 198 Å². The number of halogens is 2. The number of likely N-dealkylation sites (tertiary alicyclic amines) is 1. The van der Waals surface area contributed by atoms with Gasteiger partial charge in [-0.2, -0.15) is 0 Å². The van der Waals surface area contributed by atoms with E-state index in [1.165, 1.54) is 0 Å². The van der Waals surface area contributed by atoms with E-state index in [9.17, 15) is 18.4 Å². The minimum atomic E-state index is -0.733. The third-order valence-electron chi connectivity index (χ3n) is 6.19.